The molecule has 18 heavy (non-hydrogen) atoms. The zero-order valence-corrected chi connectivity index (χ0v) is 10.4. The van der Waals surface area contributed by atoms with Crippen LogP contribution in [0, 0.1) is 25.2 Å². The molecule has 1 aromatic carbocycles. The standard InChI is InChI=1S/C15H14N2O/c1-10-3-5-12(6-4-10)15(18)14-9-11(2)13(17-14)7-8-16/h3-6,9,17H,7H2,1-2H3. The van der Waals surface area contributed by atoms with E-state index in [0.717, 1.165) is 16.8 Å². The van der Waals surface area contributed by atoms with Gasteiger partial charge in [-0.05, 0) is 25.5 Å². The highest BCUT2D eigenvalue weighted by molar-refractivity contribution is 6.08. The minimum absolute atomic E-state index is 0.0395. The maximum absolute atomic E-state index is 12.2. The number of aromatic amines is 1. The summed E-state index contributed by atoms with van der Waals surface area (Å²) in [5.74, 6) is -0.0395. The van der Waals surface area contributed by atoms with Gasteiger partial charge in [-0.15, -0.1) is 0 Å². The number of carbonyl (C=O) groups is 1. The fourth-order valence-electron chi connectivity index (χ4n) is 1.85. The van der Waals surface area contributed by atoms with Crippen molar-refractivity contribution in [2.24, 2.45) is 0 Å². The van der Waals surface area contributed by atoms with Gasteiger partial charge in [0.05, 0.1) is 18.2 Å². The molecule has 90 valence electrons. The normalized spacial score (nSPS) is 10.1. The van der Waals surface area contributed by atoms with Gasteiger partial charge in [-0.1, -0.05) is 29.8 Å². The number of hydrogen-bond acceptors (Lipinski definition) is 2. The van der Waals surface area contributed by atoms with E-state index in [1.807, 2.05) is 38.1 Å². The number of ketones is 1. The third-order valence-electron chi connectivity index (χ3n) is 2.94. The Bertz CT molecular complexity index is 615. The molecule has 0 bridgehead atoms. The Balaban J connectivity index is 2.32. The Kier molecular flexibility index (Phi) is 3.29. The van der Waals surface area contributed by atoms with E-state index in [2.05, 4.69) is 11.1 Å². The molecule has 2 aromatic rings. The quantitative estimate of drug-likeness (QED) is 0.836. The van der Waals surface area contributed by atoms with Gasteiger partial charge in [0.1, 0.15) is 0 Å². The van der Waals surface area contributed by atoms with E-state index >= 15 is 0 Å². The summed E-state index contributed by atoms with van der Waals surface area (Å²) in [5, 5.41) is 8.68. The summed E-state index contributed by atoms with van der Waals surface area (Å²) in [6, 6.07) is 11.3. The van der Waals surface area contributed by atoms with Crippen LogP contribution in [0.15, 0.2) is 30.3 Å². The smallest absolute Gasteiger partial charge is 0.209 e. The van der Waals surface area contributed by atoms with E-state index in [1.165, 1.54) is 0 Å². The lowest BCUT2D eigenvalue weighted by Crippen LogP contribution is -2.01. The first kappa shape index (κ1) is 12.1. The van der Waals surface area contributed by atoms with Gasteiger partial charge < -0.3 is 4.98 Å². The summed E-state index contributed by atoms with van der Waals surface area (Å²) in [6.45, 7) is 3.88. The zero-order valence-electron chi connectivity index (χ0n) is 10.4. The zero-order chi connectivity index (χ0) is 13.1. The first-order valence-electron chi connectivity index (χ1n) is 5.78. The van der Waals surface area contributed by atoms with E-state index in [4.69, 9.17) is 5.26 Å². The average Bonchev–Trinajstić information content (AvgIpc) is 2.72. The molecule has 3 heteroatoms. The highest BCUT2D eigenvalue weighted by Gasteiger charge is 2.13. The Hall–Kier alpha value is -2.34. The number of H-pyrrole nitrogens is 1. The summed E-state index contributed by atoms with van der Waals surface area (Å²) in [6.07, 6.45) is 0.299. The number of nitrogens with zero attached hydrogens (tertiary/aromatic N) is 1. The third-order valence-corrected chi connectivity index (χ3v) is 2.94. The minimum atomic E-state index is -0.0395. The molecule has 0 saturated carbocycles. The predicted octanol–water partition coefficient (Wildman–Crippen LogP) is 2.93. The molecule has 2 rings (SSSR count). The van der Waals surface area contributed by atoms with Crippen LogP contribution in [-0.2, 0) is 6.42 Å². The van der Waals surface area contributed by atoms with Crippen molar-refractivity contribution in [1.82, 2.24) is 4.98 Å². The molecule has 0 radical (unpaired) electrons. The Morgan fingerprint density at radius 1 is 1.28 bits per heavy atom. The van der Waals surface area contributed by atoms with Crippen LogP contribution in [0.2, 0.25) is 0 Å². The first-order valence-corrected chi connectivity index (χ1v) is 5.78. The van der Waals surface area contributed by atoms with Crippen LogP contribution in [0.4, 0.5) is 0 Å². The lowest BCUT2D eigenvalue weighted by molar-refractivity contribution is 0.103. The number of hydrogen-bond donors (Lipinski definition) is 1. The molecule has 0 saturated heterocycles. The van der Waals surface area contributed by atoms with Crippen molar-refractivity contribution in [3.05, 3.63) is 58.4 Å². The van der Waals surface area contributed by atoms with Gasteiger partial charge in [0.25, 0.3) is 0 Å². The van der Waals surface area contributed by atoms with E-state index in [1.54, 1.807) is 6.07 Å². The van der Waals surface area contributed by atoms with Crippen LogP contribution in [0.5, 0.6) is 0 Å². The lowest BCUT2D eigenvalue weighted by Gasteiger charge is -1.99. The van der Waals surface area contributed by atoms with Crippen LogP contribution < -0.4 is 0 Å². The lowest BCUT2D eigenvalue weighted by atomic mass is 10.1. The Morgan fingerprint density at radius 2 is 1.94 bits per heavy atom. The average molecular weight is 238 g/mol. The summed E-state index contributed by atoms with van der Waals surface area (Å²) in [5.41, 5.74) is 4.09. The topological polar surface area (TPSA) is 56.6 Å². The van der Waals surface area contributed by atoms with Crippen LogP contribution in [0.3, 0.4) is 0 Å². The number of aryl methyl sites for hydroxylation is 2. The van der Waals surface area contributed by atoms with E-state index in [-0.39, 0.29) is 5.78 Å². The second kappa shape index (κ2) is 4.89. The molecule has 0 atom stereocenters. The molecule has 1 aromatic heterocycles. The molecule has 0 unspecified atom stereocenters. The third kappa shape index (κ3) is 2.33. The Morgan fingerprint density at radius 3 is 2.56 bits per heavy atom. The summed E-state index contributed by atoms with van der Waals surface area (Å²) < 4.78 is 0. The molecular formula is C15H14N2O. The van der Waals surface area contributed by atoms with Crippen LogP contribution in [0.1, 0.15) is 32.9 Å². The summed E-state index contributed by atoms with van der Waals surface area (Å²) in [7, 11) is 0. The fraction of sp³-hybridized carbons (Fsp3) is 0.200. The molecule has 1 heterocycles. The van der Waals surface area contributed by atoms with Crippen molar-refractivity contribution in [3.8, 4) is 6.07 Å². The van der Waals surface area contributed by atoms with Crippen molar-refractivity contribution in [1.29, 1.82) is 5.26 Å². The second-order valence-electron chi connectivity index (χ2n) is 4.37. The van der Waals surface area contributed by atoms with E-state index in [9.17, 15) is 4.79 Å². The van der Waals surface area contributed by atoms with Gasteiger partial charge in [0, 0.05) is 11.3 Å². The number of benzene rings is 1. The molecule has 0 aliphatic heterocycles. The second-order valence-corrected chi connectivity index (χ2v) is 4.37. The highest BCUT2D eigenvalue weighted by atomic mass is 16.1. The Labute approximate surface area is 106 Å². The minimum Gasteiger partial charge on any atom is -0.355 e. The van der Waals surface area contributed by atoms with Crippen molar-refractivity contribution >= 4 is 5.78 Å². The highest BCUT2D eigenvalue weighted by Crippen LogP contribution is 2.15. The summed E-state index contributed by atoms with van der Waals surface area (Å²) in [4.78, 5) is 15.2. The maximum atomic E-state index is 12.2. The van der Waals surface area contributed by atoms with Crippen LogP contribution >= 0.6 is 0 Å². The monoisotopic (exact) mass is 238 g/mol. The molecule has 0 fully saturated rings. The molecule has 0 aliphatic rings. The van der Waals surface area contributed by atoms with Gasteiger partial charge in [-0.2, -0.15) is 5.26 Å². The van der Waals surface area contributed by atoms with Crippen molar-refractivity contribution in [3.63, 3.8) is 0 Å². The largest absolute Gasteiger partial charge is 0.355 e. The van der Waals surface area contributed by atoms with Gasteiger partial charge in [0.2, 0.25) is 5.78 Å². The van der Waals surface area contributed by atoms with Gasteiger partial charge >= 0.3 is 0 Å². The number of carbonyl (C=O) groups excluding carboxylic acids is 1. The van der Waals surface area contributed by atoms with E-state index in [0.29, 0.717) is 17.7 Å². The fourth-order valence-corrected chi connectivity index (χ4v) is 1.85. The molecule has 1 N–H and O–H groups in total. The molecule has 0 aliphatic carbocycles. The molecule has 3 nitrogen and oxygen atoms in total. The first-order chi connectivity index (χ1) is 8.61. The van der Waals surface area contributed by atoms with Gasteiger partial charge in [-0.25, -0.2) is 0 Å². The van der Waals surface area contributed by atoms with Crippen LogP contribution in [0.25, 0.3) is 0 Å². The summed E-state index contributed by atoms with van der Waals surface area (Å²) >= 11 is 0. The van der Waals surface area contributed by atoms with Crippen LogP contribution in [-0.4, -0.2) is 10.8 Å². The number of nitrogens with one attached hydrogen (secondary N) is 1. The predicted molar refractivity (Wildman–Crippen MR) is 69.5 cm³/mol. The van der Waals surface area contributed by atoms with E-state index < -0.39 is 0 Å². The number of rotatable bonds is 3. The van der Waals surface area contributed by atoms with Crippen molar-refractivity contribution in [2.45, 2.75) is 20.3 Å². The van der Waals surface area contributed by atoms with Gasteiger partial charge in [-0.3, -0.25) is 4.79 Å². The van der Waals surface area contributed by atoms with Gasteiger partial charge in [0.15, 0.2) is 0 Å². The molecule has 0 amide bonds. The molecule has 0 spiro atoms. The maximum Gasteiger partial charge on any atom is 0.209 e. The SMILES string of the molecule is Cc1ccc(C(=O)c2cc(C)c(CC#N)[nH]2)cc1. The van der Waals surface area contributed by atoms with Crippen molar-refractivity contribution < 1.29 is 4.79 Å². The number of aromatic nitrogens is 1. The number of nitriles is 1. The van der Waals surface area contributed by atoms with Crippen molar-refractivity contribution in [2.75, 3.05) is 0 Å². The molecular weight excluding hydrogens is 224 g/mol.